The van der Waals surface area contributed by atoms with Gasteiger partial charge in [-0.1, -0.05) is 6.08 Å². The maximum Gasteiger partial charge on any atom is 0.157 e. The van der Waals surface area contributed by atoms with Crippen molar-refractivity contribution >= 4 is 22.6 Å². The minimum absolute atomic E-state index is 0.731. The summed E-state index contributed by atoms with van der Waals surface area (Å²) in [5.74, 6) is 0. The van der Waals surface area contributed by atoms with Crippen molar-refractivity contribution in [2.45, 2.75) is 0 Å². The SMILES string of the molecule is IC1=CC=CCO1. The fraction of sp³-hybridized carbons (Fsp3) is 0.200. The summed E-state index contributed by atoms with van der Waals surface area (Å²) < 4.78 is 6.01. The van der Waals surface area contributed by atoms with Crippen LogP contribution in [-0.2, 0) is 4.74 Å². The van der Waals surface area contributed by atoms with Crippen LogP contribution in [0.1, 0.15) is 0 Å². The van der Waals surface area contributed by atoms with E-state index in [-0.39, 0.29) is 0 Å². The molecule has 0 saturated heterocycles. The van der Waals surface area contributed by atoms with Crippen LogP contribution in [0.25, 0.3) is 0 Å². The van der Waals surface area contributed by atoms with E-state index in [0.717, 1.165) is 10.4 Å². The molecule has 1 aliphatic rings. The molecule has 0 fully saturated rings. The number of ether oxygens (including phenoxy) is 1. The first-order valence-corrected chi connectivity index (χ1v) is 3.12. The van der Waals surface area contributed by atoms with Gasteiger partial charge in [0.05, 0.1) is 0 Å². The maximum absolute atomic E-state index is 5.04. The van der Waals surface area contributed by atoms with Crippen molar-refractivity contribution in [2.24, 2.45) is 0 Å². The fourth-order valence-electron chi connectivity index (χ4n) is 0.375. The molecular formula is C5H5IO. The lowest BCUT2D eigenvalue weighted by Gasteiger charge is -2.02. The molecular weight excluding hydrogens is 203 g/mol. The second kappa shape index (κ2) is 2.35. The van der Waals surface area contributed by atoms with Gasteiger partial charge < -0.3 is 4.74 Å². The molecule has 0 unspecified atom stereocenters. The number of allylic oxidation sites excluding steroid dienone is 2. The van der Waals surface area contributed by atoms with E-state index >= 15 is 0 Å². The summed E-state index contributed by atoms with van der Waals surface area (Å²) in [7, 11) is 0. The number of hydrogen-bond acceptors (Lipinski definition) is 1. The van der Waals surface area contributed by atoms with Crippen molar-refractivity contribution in [1.82, 2.24) is 0 Å². The van der Waals surface area contributed by atoms with E-state index in [0.29, 0.717) is 0 Å². The van der Waals surface area contributed by atoms with Gasteiger partial charge in [-0.25, -0.2) is 0 Å². The number of halogens is 1. The zero-order valence-corrected chi connectivity index (χ0v) is 5.88. The van der Waals surface area contributed by atoms with Gasteiger partial charge in [-0.15, -0.1) is 0 Å². The molecule has 0 bridgehead atoms. The average molecular weight is 208 g/mol. The summed E-state index contributed by atoms with van der Waals surface area (Å²) in [5.41, 5.74) is 0. The third kappa shape index (κ3) is 1.51. The summed E-state index contributed by atoms with van der Waals surface area (Å²) in [5, 5.41) is 0. The molecule has 38 valence electrons. The monoisotopic (exact) mass is 208 g/mol. The van der Waals surface area contributed by atoms with E-state index in [1.807, 2.05) is 18.2 Å². The van der Waals surface area contributed by atoms with Crippen LogP contribution in [0, 0.1) is 0 Å². The van der Waals surface area contributed by atoms with Crippen LogP contribution in [0.4, 0.5) is 0 Å². The minimum Gasteiger partial charge on any atom is -0.484 e. The summed E-state index contributed by atoms with van der Waals surface area (Å²) in [6, 6.07) is 0. The number of hydrogen-bond donors (Lipinski definition) is 0. The second-order valence-electron chi connectivity index (χ2n) is 1.21. The van der Waals surface area contributed by atoms with E-state index in [9.17, 15) is 0 Å². The molecule has 1 heterocycles. The van der Waals surface area contributed by atoms with E-state index in [1.54, 1.807) is 0 Å². The van der Waals surface area contributed by atoms with Crippen molar-refractivity contribution in [2.75, 3.05) is 6.61 Å². The third-order valence-electron chi connectivity index (χ3n) is 0.681. The van der Waals surface area contributed by atoms with Crippen LogP contribution in [0.3, 0.4) is 0 Å². The highest BCUT2D eigenvalue weighted by Gasteiger charge is 1.89. The lowest BCUT2D eigenvalue weighted by molar-refractivity contribution is 0.280. The molecule has 0 atom stereocenters. The summed E-state index contributed by atoms with van der Waals surface area (Å²) >= 11 is 2.14. The molecule has 1 rings (SSSR count). The first kappa shape index (κ1) is 5.15. The second-order valence-corrected chi connectivity index (χ2v) is 2.27. The fourth-order valence-corrected chi connectivity index (χ4v) is 0.762. The summed E-state index contributed by atoms with van der Waals surface area (Å²) in [4.78, 5) is 0. The van der Waals surface area contributed by atoms with Crippen LogP contribution >= 0.6 is 22.6 Å². The molecule has 0 amide bonds. The Kier molecular flexibility index (Phi) is 1.73. The molecule has 2 heteroatoms. The Morgan fingerprint density at radius 2 is 2.57 bits per heavy atom. The van der Waals surface area contributed by atoms with Gasteiger partial charge in [-0.2, -0.15) is 0 Å². The molecule has 0 N–H and O–H groups in total. The lowest BCUT2D eigenvalue weighted by atomic mass is 10.5. The highest BCUT2D eigenvalue weighted by atomic mass is 127. The molecule has 0 radical (unpaired) electrons. The van der Waals surface area contributed by atoms with Crippen molar-refractivity contribution < 1.29 is 4.74 Å². The van der Waals surface area contributed by atoms with Crippen LogP contribution in [0.2, 0.25) is 0 Å². The number of rotatable bonds is 0. The molecule has 0 saturated carbocycles. The van der Waals surface area contributed by atoms with Crippen LogP contribution < -0.4 is 0 Å². The molecule has 1 aliphatic heterocycles. The Morgan fingerprint density at radius 3 is 2.86 bits per heavy atom. The Labute approximate surface area is 56.2 Å². The topological polar surface area (TPSA) is 9.23 Å². The van der Waals surface area contributed by atoms with Gasteiger partial charge in [-0.3, -0.25) is 0 Å². The van der Waals surface area contributed by atoms with Gasteiger partial charge in [0.2, 0.25) is 0 Å². The Balaban J connectivity index is 2.57. The predicted molar refractivity (Wildman–Crippen MR) is 37.2 cm³/mol. The molecule has 0 aromatic carbocycles. The summed E-state index contributed by atoms with van der Waals surface area (Å²) in [6.45, 7) is 0.731. The van der Waals surface area contributed by atoms with Crippen LogP contribution in [0.5, 0.6) is 0 Å². The van der Waals surface area contributed by atoms with E-state index in [1.165, 1.54) is 0 Å². The maximum atomic E-state index is 5.04. The third-order valence-corrected chi connectivity index (χ3v) is 1.35. The van der Waals surface area contributed by atoms with Gasteiger partial charge in [-0.05, 0) is 34.7 Å². The Bertz CT molecular complexity index is 115. The Hall–Kier alpha value is 0.01000. The predicted octanol–water partition coefficient (Wildman–Crippen LogP) is 1.85. The standard InChI is InChI=1S/C5H5IO/c6-5-3-1-2-4-7-5/h1-3H,4H2. The molecule has 1 nitrogen and oxygen atoms in total. The minimum atomic E-state index is 0.731. The van der Waals surface area contributed by atoms with Gasteiger partial charge >= 0.3 is 0 Å². The van der Waals surface area contributed by atoms with E-state index in [2.05, 4.69) is 22.6 Å². The van der Waals surface area contributed by atoms with Crippen molar-refractivity contribution in [3.63, 3.8) is 0 Å². The highest BCUT2D eigenvalue weighted by molar-refractivity contribution is 14.1. The van der Waals surface area contributed by atoms with E-state index in [4.69, 9.17) is 4.74 Å². The highest BCUT2D eigenvalue weighted by Crippen LogP contribution is 2.10. The van der Waals surface area contributed by atoms with Crippen LogP contribution in [0.15, 0.2) is 22.0 Å². The Morgan fingerprint density at radius 1 is 1.71 bits per heavy atom. The van der Waals surface area contributed by atoms with Crippen molar-refractivity contribution in [3.05, 3.63) is 22.0 Å². The van der Waals surface area contributed by atoms with Gasteiger partial charge in [0.25, 0.3) is 0 Å². The normalized spacial score (nSPS) is 18.1. The van der Waals surface area contributed by atoms with E-state index < -0.39 is 0 Å². The first-order chi connectivity index (χ1) is 3.39. The quantitative estimate of drug-likeness (QED) is 0.552. The van der Waals surface area contributed by atoms with Crippen molar-refractivity contribution in [3.8, 4) is 0 Å². The average Bonchev–Trinajstić information content (AvgIpc) is 1.69. The smallest absolute Gasteiger partial charge is 0.157 e. The molecule has 0 spiro atoms. The summed E-state index contributed by atoms with van der Waals surface area (Å²) in [6.07, 6.45) is 5.90. The first-order valence-electron chi connectivity index (χ1n) is 2.05. The van der Waals surface area contributed by atoms with Crippen molar-refractivity contribution in [1.29, 1.82) is 0 Å². The van der Waals surface area contributed by atoms with Crippen LogP contribution in [-0.4, -0.2) is 6.61 Å². The molecule has 0 aliphatic carbocycles. The molecule has 0 aromatic rings. The lowest BCUT2D eigenvalue weighted by Crippen LogP contribution is -1.88. The zero-order chi connectivity index (χ0) is 5.11. The van der Waals surface area contributed by atoms with Gasteiger partial charge in [0.15, 0.2) is 3.77 Å². The van der Waals surface area contributed by atoms with Gasteiger partial charge in [0, 0.05) is 0 Å². The largest absolute Gasteiger partial charge is 0.484 e. The molecule has 7 heavy (non-hydrogen) atoms. The molecule has 0 aromatic heterocycles. The van der Waals surface area contributed by atoms with Gasteiger partial charge in [0.1, 0.15) is 6.61 Å². The zero-order valence-electron chi connectivity index (χ0n) is 3.73.